The van der Waals surface area contributed by atoms with Crippen molar-refractivity contribution in [3.05, 3.63) is 0 Å². The number of hydrogen-bond donors (Lipinski definition) is 2. The minimum Gasteiger partial charge on any atom is -0.760 e. The van der Waals surface area contributed by atoms with Crippen molar-refractivity contribution in [1.29, 1.82) is 0 Å². The van der Waals surface area contributed by atoms with E-state index < -0.39 is 23.3 Å². The highest BCUT2D eigenvalue weighted by atomic mass is 32.2. The van der Waals surface area contributed by atoms with Crippen LogP contribution in [0.4, 0.5) is 0 Å². The number of hydrogen-bond acceptors (Lipinski definition) is 4. The van der Waals surface area contributed by atoms with Gasteiger partial charge in [0.25, 0.3) is 0 Å². The topological polar surface area (TPSA) is 107 Å². The van der Waals surface area contributed by atoms with Crippen molar-refractivity contribution in [1.82, 2.24) is 4.31 Å². The maximum atomic E-state index is 10.5. The third kappa shape index (κ3) is 4.94. The second-order valence-corrected chi connectivity index (χ2v) is 3.50. The fraction of sp³-hybridized carbons (Fsp3) is 0.833. The minimum absolute atomic E-state index is 0.181. The fourth-order valence-corrected chi connectivity index (χ4v) is 1.39. The third-order valence-corrected chi connectivity index (χ3v) is 2.15. The lowest BCUT2D eigenvalue weighted by Crippen LogP contribution is -2.43. The molecule has 0 rings (SSSR count). The van der Waals surface area contributed by atoms with E-state index in [9.17, 15) is 13.6 Å². The van der Waals surface area contributed by atoms with Gasteiger partial charge in [-0.3, -0.25) is 9.00 Å². The van der Waals surface area contributed by atoms with E-state index in [1.807, 2.05) is 0 Å². The Bertz CT molecular complexity index is 199. The lowest BCUT2D eigenvalue weighted by molar-refractivity contribution is -0.138. The zero-order valence-electron chi connectivity index (χ0n) is 7.30. The summed E-state index contributed by atoms with van der Waals surface area (Å²) in [5, 5.41) is 8.43. The van der Waals surface area contributed by atoms with Crippen LogP contribution in [0.2, 0.25) is 0 Å². The van der Waals surface area contributed by atoms with Crippen LogP contribution in [0.1, 0.15) is 13.3 Å². The maximum Gasteiger partial charge on any atom is 0.321 e. The summed E-state index contributed by atoms with van der Waals surface area (Å²) in [6.07, 6.45) is 0.625. The molecule has 0 spiro atoms. The molecule has 0 aromatic rings. The van der Waals surface area contributed by atoms with Gasteiger partial charge >= 0.3 is 5.97 Å². The summed E-state index contributed by atoms with van der Waals surface area (Å²) in [7, 11) is 0. The van der Waals surface area contributed by atoms with Crippen LogP contribution >= 0.6 is 0 Å². The molecule has 0 aromatic heterocycles. The van der Waals surface area contributed by atoms with Crippen LogP contribution in [0.5, 0.6) is 0 Å². The standard InChI is InChI=1S/C6H14N2O4S/c1-2-3-8(13(11)12)4-5(7)6(9)10/h5H,2-4,7H2,1H3,(H,9,10)(H,11,12)/p-1/t5-/m0/s1. The quantitative estimate of drug-likeness (QED) is 0.540. The van der Waals surface area contributed by atoms with E-state index in [0.717, 1.165) is 4.31 Å². The number of rotatable bonds is 6. The van der Waals surface area contributed by atoms with E-state index >= 15 is 0 Å². The van der Waals surface area contributed by atoms with Gasteiger partial charge in [-0.15, -0.1) is 0 Å². The van der Waals surface area contributed by atoms with Gasteiger partial charge in [0.2, 0.25) is 0 Å². The Balaban J connectivity index is 4.09. The summed E-state index contributed by atoms with van der Waals surface area (Å²) < 4.78 is 22.0. The summed E-state index contributed by atoms with van der Waals surface area (Å²) in [6, 6.07) is -1.16. The van der Waals surface area contributed by atoms with Crippen molar-refractivity contribution in [3.63, 3.8) is 0 Å². The van der Waals surface area contributed by atoms with Gasteiger partial charge in [0.15, 0.2) is 0 Å². The summed E-state index contributed by atoms with van der Waals surface area (Å²) in [6.45, 7) is 1.91. The van der Waals surface area contributed by atoms with Gasteiger partial charge in [0, 0.05) is 24.4 Å². The van der Waals surface area contributed by atoms with Crippen LogP contribution in [0, 0.1) is 0 Å². The van der Waals surface area contributed by atoms with Crippen LogP contribution in [0.3, 0.4) is 0 Å². The van der Waals surface area contributed by atoms with Gasteiger partial charge in [-0.2, -0.15) is 0 Å². The van der Waals surface area contributed by atoms with E-state index in [4.69, 9.17) is 10.8 Å². The average molecular weight is 209 g/mol. The molecule has 3 N–H and O–H groups in total. The zero-order chi connectivity index (χ0) is 10.4. The van der Waals surface area contributed by atoms with E-state index in [1.165, 1.54) is 0 Å². The van der Waals surface area contributed by atoms with Crippen LogP contribution in [-0.4, -0.2) is 43.3 Å². The number of nitrogens with two attached hydrogens (primary N) is 1. The highest BCUT2D eigenvalue weighted by molar-refractivity contribution is 7.76. The largest absolute Gasteiger partial charge is 0.760 e. The molecule has 0 heterocycles. The molecule has 0 saturated heterocycles. The Morgan fingerprint density at radius 3 is 2.62 bits per heavy atom. The number of carboxylic acids is 1. The monoisotopic (exact) mass is 209 g/mol. The predicted molar refractivity (Wildman–Crippen MR) is 46.4 cm³/mol. The molecular formula is C6H13N2O4S-. The lowest BCUT2D eigenvalue weighted by atomic mass is 10.3. The first kappa shape index (κ1) is 12.5. The molecule has 0 fully saturated rings. The van der Waals surface area contributed by atoms with Crippen molar-refractivity contribution in [2.45, 2.75) is 19.4 Å². The molecule has 0 aliphatic heterocycles. The molecule has 6 nitrogen and oxygen atoms in total. The molecule has 78 valence electrons. The van der Waals surface area contributed by atoms with Gasteiger partial charge in [0.05, 0.1) is 0 Å². The molecule has 0 aromatic carbocycles. The molecule has 0 saturated carbocycles. The summed E-state index contributed by atoms with van der Waals surface area (Å²) in [4.78, 5) is 10.3. The first-order chi connectivity index (χ1) is 5.99. The second kappa shape index (κ2) is 6.03. The van der Waals surface area contributed by atoms with Crippen molar-refractivity contribution in [3.8, 4) is 0 Å². The van der Waals surface area contributed by atoms with Gasteiger partial charge in [-0.05, 0) is 6.42 Å². The SMILES string of the molecule is CCCN(C[C@H](N)C(=O)O)S(=O)[O-]. The Morgan fingerprint density at radius 2 is 2.31 bits per heavy atom. The van der Waals surface area contributed by atoms with Gasteiger partial charge < -0.3 is 15.4 Å². The summed E-state index contributed by atoms with van der Waals surface area (Å²) >= 11 is -2.40. The number of aliphatic carboxylic acids is 1. The molecular weight excluding hydrogens is 196 g/mol. The van der Waals surface area contributed by atoms with Gasteiger partial charge in [-0.1, -0.05) is 6.92 Å². The molecule has 0 radical (unpaired) electrons. The van der Waals surface area contributed by atoms with Crippen LogP contribution in [-0.2, 0) is 16.1 Å². The highest BCUT2D eigenvalue weighted by Crippen LogP contribution is 1.96. The first-order valence-corrected chi connectivity index (χ1v) is 4.85. The molecule has 0 bridgehead atoms. The van der Waals surface area contributed by atoms with Gasteiger partial charge in [-0.25, -0.2) is 4.31 Å². The van der Waals surface area contributed by atoms with Gasteiger partial charge in [0.1, 0.15) is 6.04 Å². The van der Waals surface area contributed by atoms with E-state index in [-0.39, 0.29) is 13.1 Å². The number of carbonyl (C=O) groups is 1. The smallest absolute Gasteiger partial charge is 0.321 e. The minimum atomic E-state index is -2.40. The molecule has 0 aliphatic carbocycles. The van der Waals surface area contributed by atoms with Crippen molar-refractivity contribution >= 4 is 17.2 Å². The first-order valence-electron chi connectivity index (χ1n) is 3.81. The number of carboxylic acid groups (broad SMARTS) is 1. The van der Waals surface area contributed by atoms with Crippen LogP contribution in [0.15, 0.2) is 0 Å². The zero-order valence-corrected chi connectivity index (χ0v) is 8.12. The van der Waals surface area contributed by atoms with Crippen LogP contribution in [0.25, 0.3) is 0 Å². The molecule has 0 amide bonds. The summed E-state index contributed by atoms with van der Waals surface area (Å²) in [5.74, 6) is -1.20. The average Bonchev–Trinajstić information content (AvgIpc) is 2.03. The number of nitrogens with zero attached hydrogens (tertiary/aromatic N) is 1. The fourth-order valence-electron chi connectivity index (χ4n) is 0.774. The Hall–Kier alpha value is -0.500. The molecule has 1 unspecified atom stereocenters. The lowest BCUT2D eigenvalue weighted by Gasteiger charge is -2.24. The Labute approximate surface area is 79.1 Å². The van der Waals surface area contributed by atoms with E-state index in [2.05, 4.69) is 0 Å². The molecule has 13 heavy (non-hydrogen) atoms. The van der Waals surface area contributed by atoms with E-state index in [0.29, 0.717) is 6.42 Å². The Kier molecular flexibility index (Phi) is 5.80. The van der Waals surface area contributed by atoms with Crippen LogP contribution < -0.4 is 5.73 Å². The van der Waals surface area contributed by atoms with Crippen molar-refractivity contribution < 1.29 is 18.7 Å². The van der Waals surface area contributed by atoms with E-state index in [1.54, 1.807) is 6.92 Å². The molecule has 7 heteroatoms. The molecule has 0 aliphatic rings. The van der Waals surface area contributed by atoms with Crippen molar-refractivity contribution in [2.24, 2.45) is 5.73 Å². The highest BCUT2D eigenvalue weighted by Gasteiger charge is 2.16. The second-order valence-electron chi connectivity index (χ2n) is 2.55. The van der Waals surface area contributed by atoms with Crippen molar-refractivity contribution in [2.75, 3.05) is 13.1 Å². The third-order valence-electron chi connectivity index (χ3n) is 1.40. The summed E-state index contributed by atoms with van der Waals surface area (Å²) in [5.41, 5.74) is 5.17. The normalized spacial score (nSPS) is 15.7. The Morgan fingerprint density at radius 1 is 1.77 bits per heavy atom. The maximum absolute atomic E-state index is 10.5. The molecule has 2 atom stereocenters. The predicted octanol–water partition coefficient (Wildman–Crippen LogP) is -1.10.